The van der Waals surface area contributed by atoms with Crippen LogP contribution in [0.3, 0.4) is 0 Å². The fourth-order valence-corrected chi connectivity index (χ4v) is 8.67. The third kappa shape index (κ3) is 3.93. The lowest BCUT2D eigenvalue weighted by Gasteiger charge is -2.46. The summed E-state index contributed by atoms with van der Waals surface area (Å²) < 4.78 is 0. The molecule has 222 valence electrons. The van der Waals surface area contributed by atoms with E-state index in [2.05, 4.69) is 161 Å². The Morgan fingerprint density at radius 3 is 2.09 bits per heavy atom. The summed E-state index contributed by atoms with van der Waals surface area (Å²) >= 11 is 0. The van der Waals surface area contributed by atoms with Gasteiger partial charge >= 0.3 is 6.85 Å². The maximum absolute atomic E-state index is 2.62. The van der Waals surface area contributed by atoms with Crippen LogP contribution >= 0.6 is 0 Å². The Labute approximate surface area is 276 Å². The second-order valence-electron chi connectivity index (χ2n) is 13.1. The number of hydrogen-bond donors (Lipinski definition) is 0. The molecule has 3 heteroatoms. The minimum absolute atomic E-state index is 0.0205. The van der Waals surface area contributed by atoms with Gasteiger partial charge in [0.25, 0.3) is 0 Å². The summed E-state index contributed by atoms with van der Waals surface area (Å²) in [6.45, 7) is 0.0205. The highest BCUT2D eigenvalue weighted by molar-refractivity contribution is 6.93. The van der Waals surface area contributed by atoms with Crippen LogP contribution in [0.2, 0.25) is 0 Å². The summed E-state index contributed by atoms with van der Waals surface area (Å²) in [5.74, 6) is 0. The summed E-state index contributed by atoms with van der Waals surface area (Å²) in [4.78, 5) is 5.20. The first-order valence-corrected chi connectivity index (χ1v) is 17.0. The molecule has 2 aliphatic heterocycles. The number of fused-ring (bicyclic) bond motifs is 6. The quantitative estimate of drug-likeness (QED) is 0.186. The first kappa shape index (κ1) is 26.7. The molecule has 0 saturated carbocycles. The Morgan fingerprint density at radius 2 is 1.15 bits per heavy atom. The van der Waals surface area contributed by atoms with Crippen molar-refractivity contribution in [1.82, 2.24) is 0 Å². The number of para-hydroxylation sites is 2. The predicted octanol–water partition coefficient (Wildman–Crippen LogP) is 10.1. The number of aryl methyl sites for hydroxylation is 1. The van der Waals surface area contributed by atoms with Crippen molar-refractivity contribution < 1.29 is 0 Å². The molecule has 0 radical (unpaired) electrons. The van der Waals surface area contributed by atoms with E-state index in [9.17, 15) is 0 Å². The van der Waals surface area contributed by atoms with Crippen LogP contribution in [0.1, 0.15) is 24.0 Å². The van der Waals surface area contributed by atoms with E-state index in [0.29, 0.717) is 0 Å². The van der Waals surface area contributed by atoms with Crippen molar-refractivity contribution in [3.63, 3.8) is 0 Å². The summed E-state index contributed by atoms with van der Waals surface area (Å²) in [7, 11) is 0. The van der Waals surface area contributed by atoms with Crippen molar-refractivity contribution in [1.29, 1.82) is 0 Å². The molecule has 47 heavy (non-hydrogen) atoms. The maximum atomic E-state index is 2.62. The average Bonchev–Trinajstić information content (AvgIpc) is 3.15. The standard InChI is InChI=1S/C44H33BN2/c1-2-16-32(17-3-1)43-34-20-7-5-15-31(34)28-29-41(43)46-40-25-11-9-23-37(40)45-44-36(22-13-27-42(44)46)35-21-8-10-24-39(35)47(45)38-26-12-18-30-14-4-6-19-33(30)38/h1-4,6,8-14,16-19,21-29H,5,7,15,20H2. The van der Waals surface area contributed by atoms with Gasteiger partial charge < -0.3 is 9.71 Å². The SMILES string of the molecule is c1ccc(-c2c(N3c4ccccc4B4c5c(cccc53)-c3ccccc3N4c3cccc4ccccc34)ccc3c2CCCC3)cc1. The fourth-order valence-electron chi connectivity index (χ4n) is 8.67. The number of anilines is 5. The van der Waals surface area contributed by atoms with E-state index >= 15 is 0 Å². The molecule has 10 rings (SSSR count). The van der Waals surface area contributed by atoms with Gasteiger partial charge in [-0.1, -0.05) is 121 Å². The molecule has 0 aromatic heterocycles. The number of hydrogen-bond acceptors (Lipinski definition) is 2. The number of benzene rings is 7. The highest BCUT2D eigenvalue weighted by Crippen LogP contribution is 2.50. The van der Waals surface area contributed by atoms with Gasteiger partial charge in [-0.25, -0.2) is 0 Å². The van der Waals surface area contributed by atoms with E-state index in [4.69, 9.17) is 0 Å². The first-order chi connectivity index (χ1) is 23.4. The van der Waals surface area contributed by atoms with E-state index < -0.39 is 0 Å². The zero-order valence-electron chi connectivity index (χ0n) is 26.2. The molecule has 7 aromatic carbocycles. The smallest absolute Gasteiger partial charge is 0.333 e. The summed E-state index contributed by atoms with van der Waals surface area (Å²) in [6.07, 6.45) is 4.79. The van der Waals surface area contributed by atoms with Crippen LogP contribution in [0.15, 0.2) is 152 Å². The van der Waals surface area contributed by atoms with Gasteiger partial charge in [-0.05, 0) is 94.6 Å². The van der Waals surface area contributed by atoms with Gasteiger partial charge in [-0.15, -0.1) is 0 Å². The zero-order chi connectivity index (χ0) is 30.9. The van der Waals surface area contributed by atoms with E-state index in [1.807, 2.05) is 0 Å². The maximum Gasteiger partial charge on any atom is 0.333 e. The molecule has 0 spiro atoms. The molecular weight excluding hydrogens is 567 g/mol. The third-order valence-electron chi connectivity index (χ3n) is 10.6. The molecule has 0 amide bonds. The van der Waals surface area contributed by atoms with Gasteiger partial charge in [0.1, 0.15) is 0 Å². The molecule has 0 N–H and O–H groups in total. The lowest BCUT2D eigenvalue weighted by molar-refractivity contribution is 0.687. The molecule has 0 fully saturated rings. The molecule has 0 atom stereocenters. The van der Waals surface area contributed by atoms with Crippen LogP contribution in [0.4, 0.5) is 28.4 Å². The third-order valence-corrected chi connectivity index (χ3v) is 10.6. The fraction of sp³-hybridized carbons (Fsp3) is 0.0909. The summed E-state index contributed by atoms with van der Waals surface area (Å²) in [5, 5.41) is 2.53. The van der Waals surface area contributed by atoms with Crippen molar-refractivity contribution in [2.45, 2.75) is 25.7 Å². The van der Waals surface area contributed by atoms with Crippen molar-refractivity contribution >= 4 is 57.0 Å². The van der Waals surface area contributed by atoms with Crippen LogP contribution in [0.25, 0.3) is 33.0 Å². The Bertz CT molecular complexity index is 2340. The summed E-state index contributed by atoms with van der Waals surface area (Å²) in [6, 6.07) is 56.5. The molecule has 3 aliphatic rings. The second kappa shape index (κ2) is 10.5. The minimum atomic E-state index is 0.0205. The van der Waals surface area contributed by atoms with Crippen molar-refractivity contribution in [3.8, 4) is 22.3 Å². The Hall–Kier alpha value is -5.54. The van der Waals surface area contributed by atoms with E-state index in [1.54, 1.807) is 0 Å². The molecule has 0 unspecified atom stereocenters. The largest absolute Gasteiger partial charge is 0.376 e. The topological polar surface area (TPSA) is 6.48 Å². The number of rotatable bonds is 3. The number of nitrogens with zero attached hydrogens (tertiary/aromatic N) is 2. The molecule has 2 heterocycles. The van der Waals surface area contributed by atoms with Gasteiger partial charge in [0, 0.05) is 39.3 Å². The van der Waals surface area contributed by atoms with Crippen LogP contribution in [0.5, 0.6) is 0 Å². The highest BCUT2D eigenvalue weighted by Gasteiger charge is 2.45. The lowest BCUT2D eigenvalue weighted by atomic mass is 9.43. The van der Waals surface area contributed by atoms with Crippen molar-refractivity contribution in [2.24, 2.45) is 0 Å². The lowest BCUT2D eigenvalue weighted by Crippen LogP contribution is -2.61. The highest BCUT2D eigenvalue weighted by atomic mass is 15.2. The first-order valence-electron chi connectivity index (χ1n) is 17.0. The molecule has 0 saturated heterocycles. The summed E-state index contributed by atoms with van der Waals surface area (Å²) in [5.41, 5.74) is 17.3. The van der Waals surface area contributed by atoms with Gasteiger partial charge in [0.2, 0.25) is 0 Å². The Kier molecular flexibility index (Phi) is 5.96. The minimum Gasteiger partial charge on any atom is -0.376 e. The van der Waals surface area contributed by atoms with Crippen molar-refractivity contribution in [2.75, 3.05) is 9.71 Å². The molecular formula is C44H33BN2. The molecule has 7 aromatic rings. The average molecular weight is 601 g/mol. The molecule has 2 nitrogen and oxygen atoms in total. The van der Waals surface area contributed by atoms with Crippen LogP contribution in [0, 0.1) is 0 Å². The van der Waals surface area contributed by atoms with Crippen LogP contribution in [-0.2, 0) is 12.8 Å². The zero-order valence-corrected chi connectivity index (χ0v) is 26.2. The van der Waals surface area contributed by atoms with E-state index in [-0.39, 0.29) is 6.85 Å². The monoisotopic (exact) mass is 600 g/mol. The van der Waals surface area contributed by atoms with Gasteiger partial charge in [0.15, 0.2) is 0 Å². The molecule has 1 aliphatic carbocycles. The second-order valence-corrected chi connectivity index (χ2v) is 13.1. The Balaban J connectivity index is 1.29. The van der Waals surface area contributed by atoms with Crippen molar-refractivity contribution in [3.05, 3.63) is 163 Å². The van der Waals surface area contributed by atoms with Gasteiger partial charge in [0.05, 0.1) is 5.69 Å². The van der Waals surface area contributed by atoms with E-state index in [1.165, 1.54) is 96.4 Å². The van der Waals surface area contributed by atoms with Gasteiger partial charge in [-0.3, -0.25) is 0 Å². The van der Waals surface area contributed by atoms with Gasteiger partial charge in [-0.2, -0.15) is 0 Å². The molecule has 0 bridgehead atoms. The normalized spacial score (nSPS) is 14.3. The van der Waals surface area contributed by atoms with Crippen LogP contribution in [-0.4, -0.2) is 6.85 Å². The van der Waals surface area contributed by atoms with E-state index in [0.717, 1.165) is 12.8 Å². The van der Waals surface area contributed by atoms with Crippen LogP contribution < -0.4 is 20.6 Å². The predicted molar refractivity (Wildman–Crippen MR) is 200 cm³/mol. The Morgan fingerprint density at radius 1 is 0.468 bits per heavy atom.